The van der Waals surface area contributed by atoms with Crippen molar-refractivity contribution in [3.63, 3.8) is 0 Å². The van der Waals surface area contributed by atoms with Crippen LogP contribution >= 0.6 is 7.72 Å². The molecule has 0 amide bonds. The smallest absolute Gasteiger partial charge is 0.220 e. The molecule has 0 rings (SSSR count). The Morgan fingerprint density at radius 3 is 2.00 bits per heavy atom. The normalized spacial score (nSPS) is 10.8. The molecule has 0 radical (unpaired) electrons. The summed E-state index contributed by atoms with van der Waals surface area (Å²) in [6, 6.07) is 0. The van der Waals surface area contributed by atoms with E-state index in [0.29, 0.717) is 12.3 Å². The number of hydrogen-bond donors (Lipinski definition) is 2. The van der Waals surface area contributed by atoms with Crippen LogP contribution in [0, 0.1) is 0 Å². The Bertz CT molecular complexity index is 78.1. The lowest BCUT2D eigenvalue weighted by Gasteiger charge is -2.07. The zero-order chi connectivity index (χ0) is 7.33. The molecule has 2 nitrogen and oxygen atoms in total. The molecular weight excluding hydrogens is 162 g/mol. The van der Waals surface area contributed by atoms with Gasteiger partial charge >= 0.3 is 0 Å². The van der Waals surface area contributed by atoms with Gasteiger partial charge < -0.3 is 0 Å². The lowest BCUT2D eigenvalue weighted by Crippen LogP contribution is -1.98. The fourth-order valence-electron chi connectivity index (χ4n) is 0.569. The van der Waals surface area contributed by atoms with E-state index in [4.69, 9.17) is 9.79 Å². The minimum Gasteiger partial charge on any atom is -0.220 e. The summed E-state index contributed by atoms with van der Waals surface area (Å²) >= 11 is 0. The zero-order valence-electron chi connectivity index (χ0n) is 6.17. The molecule has 0 saturated carbocycles. The maximum Gasteiger partial charge on any atom is 0.267 e. The van der Waals surface area contributed by atoms with Crippen LogP contribution < -0.4 is 0 Å². The summed E-state index contributed by atoms with van der Waals surface area (Å²) in [6.07, 6.45) is 3.13. The van der Waals surface area contributed by atoms with Crippen molar-refractivity contribution in [2.45, 2.75) is 26.7 Å². The van der Waals surface area contributed by atoms with Crippen molar-refractivity contribution in [1.29, 1.82) is 0 Å². The van der Waals surface area contributed by atoms with Crippen LogP contribution in [0.5, 0.6) is 0 Å². The van der Waals surface area contributed by atoms with E-state index in [2.05, 4.69) is 6.92 Å². The zero-order valence-corrected chi connectivity index (χ0v) is 7.06. The minimum atomic E-state index is -2.44. The molecule has 0 aliphatic heterocycles. The molecule has 0 saturated heterocycles. The summed E-state index contributed by atoms with van der Waals surface area (Å²) < 4.78 is 0. The summed E-state index contributed by atoms with van der Waals surface area (Å²) in [6.45, 7) is 3.87. The molecule has 0 aromatic carbocycles. The van der Waals surface area contributed by atoms with Crippen LogP contribution in [0.3, 0.4) is 0 Å². The summed E-state index contributed by atoms with van der Waals surface area (Å²) in [7, 11) is -2.44. The molecule has 0 spiro atoms. The van der Waals surface area contributed by atoms with Gasteiger partial charge in [0.05, 0.1) is 0 Å². The molecule has 0 fully saturated rings. The predicted octanol–water partition coefficient (Wildman–Crippen LogP) is 0.455. The first-order valence-electron chi connectivity index (χ1n) is 3.45. The maximum atomic E-state index is 9.12. The standard InChI is InChI=1S/C6H16O2P.Al.3H/c1-3-5-6-9(7,8)4-2;;;;/h7-8H,3-6H2,1-2H3;;;;/q+1;;;;. The molecule has 0 aromatic heterocycles. The van der Waals surface area contributed by atoms with Gasteiger partial charge in [0, 0.05) is 0 Å². The average molecular weight is 181 g/mol. The fourth-order valence-corrected chi connectivity index (χ4v) is 1.71. The average Bonchev–Trinajstić information content (AvgIpc) is 1.84. The highest BCUT2D eigenvalue weighted by Crippen LogP contribution is 2.49. The van der Waals surface area contributed by atoms with Crippen LogP contribution in [-0.4, -0.2) is 39.5 Å². The molecular formula is C6H19AlO2P+. The molecule has 0 bridgehead atoms. The summed E-state index contributed by atoms with van der Waals surface area (Å²) in [5, 5.41) is 0. The molecule has 0 heterocycles. The number of rotatable bonds is 4. The van der Waals surface area contributed by atoms with Gasteiger partial charge in [-0.25, -0.2) is 9.79 Å². The Balaban J connectivity index is 0. The lowest BCUT2D eigenvalue weighted by atomic mass is 10.4. The second kappa shape index (κ2) is 6.58. The van der Waals surface area contributed by atoms with Gasteiger partial charge in [0.1, 0.15) is 12.3 Å². The number of hydrogen-bond acceptors (Lipinski definition) is 2. The van der Waals surface area contributed by atoms with Crippen molar-refractivity contribution in [2.24, 2.45) is 0 Å². The highest BCUT2D eigenvalue weighted by molar-refractivity contribution is 7.64. The highest BCUT2D eigenvalue weighted by Gasteiger charge is 2.28. The van der Waals surface area contributed by atoms with Crippen LogP contribution in [-0.2, 0) is 0 Å². The molecule has 0 atom stereocenters. The van der Waals surface area contributed by atoms with E-state index >= 15 is 0 Å². The molecule has 0 aliphatic rings. The van der Waals surface area contributed by atoms with Gasteiger partial charge in [0.15, 0.2) is 17.4 Å². The fraction of sp³-hybridized carbons (Fsp3) is 1.00. The van der Waals surface area contributed by atoms with Gasteiger partial charge in [-0.15, -0.1) is 0 Å². The van der Waals surface area contributed by atoms with E-state index in [-0.39, 0.29) is 17.4 Å². The minimum absolute atomic E-state index is 0. The Morgan fingerprint density at radius 2 is 1.70 bits per heavy atom. The monoisotopic (exact) mass is 181 g/mol. The van der Waals surface area contributed by atoms with E-state index in [1.807, 2.05) is 6.92 Å². The first-order chi connectivity index (χ1) is 4.12. The SMILES string of the molecule is CCCC[P+](O)(O)CC.[AlH3]. The van der Waals surface area contributed by atoms with E-state index in [0.717, 1.165) is 12.8 Å². The summed E-state index contributed by atoms with van der Waals surface area (Å²) in [4.78, 5) is 18.2. The number of unbranched alkanes of at least 4 members (excludes halogenated alkanes) is 1. The predicted molar refractivity (Wildman–Crippen MR) is 51.6 cm³/mol. The Hall–Kier alpha value is 0.882. The van der Waals surface area contributed by atoms with E-state index in [1.165, 1.54) is 0 Å². The highest BCUT2D eigenvalue weighted by atomic mass is 31.2. The van der Waals surface area contributed by atoms with Crippen LogP contribution in [0.4, 0.5) is 0 Å². The first kappa shape index (κ1) is 13.5. The quantitative estimate of drug-likeness (QED) is 0.488. The third-order valence-electron chi connectivity index (χ3n) is 1.38. The van der Waals surface area contributed by atoms with Crippen molar-refractivity contribution in [3.05, 3.63) is 0 Å². The molecule has 62 valence electrons. The van der Waals surface area contributed by atoms with Gasteiger partial charge in [-0.1, -0.05) is 13.3 Å². The van der Waals surface area contributed by atoms with Gasteiger partial charge in [-0.2, -0.15) is 0 Å². The second-order valence-electron chi connectivity index (χ2n) is 2.27. The van der Waals surface area contributed by atoms with Crippen LogP contribution in [0.15, 0.2) is 0 Å². The largest absolute Gasteiger partial charge is 0.267 e. The summed E-state index contributed by atoms with van der Waals surface area (Å²) in [5.74, 6) is 0. The third kappa shape index (κ3) is 7.00. The Morgan fingerprint density at radius 1 is 1.20 bits per heavy atom. The van der Waals surface area contributed by atoms with Gasteiger partial charge in [0.2, 0.25) is 0 Å². The Labute approximate surface area is 74.3 Å². The second-order valence-corrected chi connectivity index (χ2v) is 5.11. The van der Waals surface area contributed by atoms with E-state index in [1.54, 1.807) is 0 Å². The van der Waals surface area contributed by atoms with Gasteiger partial charge in [0.25, 0.3) is 7.72 Å². The summed E-state index contributed by atoms with van der Waals surface area (Å²) in [5.41, 5.74) is 0. The van der Waals surface area contributed by atoms with Gasteiger partial charge in [-0.3, -0.25) is 0 Å². The first-order valence-corrected chi connectivity index (χ1v) is 5.51. The van der Waals surface area contributed by atoms with Crippen LogP contribution in [0.25, 0.3) is 0 Å². The van der Waals surface area contributed by atoms with Crippen molar-refractivity contribution in [3.8, 4) is 0 Å². The van der Waals surface area contributed by atoms with Crippen LogP contribution in [0.2, 0.25) is 0 Å². The van der Waals surface area contributed by atoms with Gasteiger partial charge in [-0.05, 0) is 13.3 Å². The van der Waals surface area contributed by atoms with Crippen molar-refractivity contribution < 1.29 is 9.79 Å². The molecule has 0 unspecified atom stereocenters. The van der Waals surface area contributed by atoms with E-state index < -0.39 is 7.72 Å². The third-order valence-corrected chi connectivity index (χ3v) is 3.42. The Kier molecular flexibility index (Phi) is 8.87. The lowest BCUT2D eigenvalue weighted by molar-refractivity contribution is 0.448. The molecule has 0 aliphatic carbocycles. The molecule has 2 N–H and O–H groups in total. The molecule has 0 aromatic rings. The van der Waals surface area contributed by atoms with Crippen LogP contribution in [0.1, 0.15) is 26.7 Å². The van der Waals surface area contributed by atoms with Crippen molar-refractivity contribution >= 4 is 25.1 Å². The molecule has 10 heavy (non-hydrogen) atoms. The van der Waals surface area contributed by atoms with Crippen molar-refractivity contribution in [2.75, 3.05) is 12.3 Å². The maximum absolute atomic E-state index is 9.12. The van der Waals surface area contributed by atoms with E-state index in [9.17, 15) is 0 Å². The molecule has 4 heteroatoms. The topological polar surface area (TPSA) is 40.5 Å². The van der Waals surface area contributed by atoms with Crippen molar-refractivity contribution in [1.82, 2.24) is 0 Å².